The fraction of sp³-hybridized carbons (Fsp3) is 0.875. The lowest BCUT2D eigenvalue weighted by atomic mass is 10.2. The number of nitrogens with zero attached hydrogens (tertiary/aromatic N) is 2. The number of hydrogen-bond acceptors (Lipinski definition) is 2. The molecule has 0 amide bonds. The minimum absolute atomic E-state index is 1.11. The van der Waals surface area contributed by atoms with Crippen molar-refractivity contribution in [1.29, 1.82) is 0 Å². The summed E-state index contributed by atoms with van der Waals surface area (Å²) in [4.78, 5) is 0. The second-order valence-electron chi connectivity index (χ2n) is 2.15. The minimum Gasteiger partial charge on any atom is -0.300 e. The van der Waals surface area contributed by atoms with Crippen LogP contribution in [0.25, 0.3) is 0 Å². The third-order valence-corrected chi connectivity index (χ3v) is 1.44. The molecule has 1 aliphatic heterocycles. The first-order valence-electron chi connectivity index (χ1n) is 4.10. The van der Waals surface area contributed by atoms with Crippen molar-refractivity contribution in [1.82, 2.24) is 5.01 Å². The third kappa shape index (κ3) is 2.85. The molecule has 0 saturated heterocycles. The van der Waals surface area contributed by atoms with Crippen LogP contribution in [0, 0.1) is 0 Å². The summed E-state index contributed by atoms with van der Waals surface area (Å²) >= 11 is 0. The van der Waals surface area contributed by atoms with E-state index in [-0.39, 0.29) is 0 Å². The molecule has 2 nitrogen and oxygen atoms in total. The average Bonchev–Trinajstić information content (AvgIpc) is 2.40. The van der Waals surface area contributed by atoms with E-state index in [1.54, 1.807) is 0 Å². The van der Waals surface area contributed by atoms with E-state index in [1.165, 1.54) is 12.1 Å². The molecule has 1 rings (SSSR count). The zero-order valence-corrected chi connectivity index (χ0v) is 7.52. The molecule has 60 valence electrons. The summed E-state index contributed by atoms with van der Waals surface area (Å²) in [5.41, 5.74) is 1.34. The van der Waals surface area contributed by atoms with Crippen molar-refractivity contribution < 1.29 is 0 Å². The Morgan fingerprint density at radius 2 is 2.10 bits per heavy atom. The van der Waals surface area contributed by atoms with E-state index in [0.29, 0.717) is 0 Å². The highest BCUT2D eigenvalue weighted by Gasteiger charge is 2.06. The van der Waals surface area contributed by atoms with Gasteiger partial charge in [-0.05, 0) is 6.42 Å². The van der Waals surface area contributed by atoms with E-state index in [9.17, 15) is 0 Å². The SMILES string of the molecule is CC.CCC1=NN(C)CC1. The van der Waals surface area contributed by atoms with Crippen LogP contribution < -0.4 is 0 Å². The lowest BCUT2D eigenvalue weighted by Crippen LogP contribution is -2.04. The average molecular weight is 142 g/mol. The molecule has 0 aromatic heterocycles. The molecular formula is C8H18N2. The van der Waals surface area contributed by atoms with E-state index in [0.717, 1.165) is 13.0 Å². The van der Waals surface area contributed by atoms with Crippen LogP contribution in [0.3, 0.4) is 0 Å². The Morgan fingerprint density at radius 1 is 1.50 bits per heavy atom. The number of hydrazone groups is 1. The van der Waals surface area contributed by atoms with Crippen molar-refractivity contribution in [2.24, 2.45) is 5.10 Å². The zero-order chi connectivity index (χ0) is 7.98. The minimum atomic E-state index is 1.11. The summed E-state index contributed by atoms with van der Waals surface area (Å²) in [7, 11) is 2.02. The van der Waals surface area contributed by atoms with Crippen molar-refractivity contribution in [2.45, 2.75) is 33.6 Å². The van der Waals surface area contributed by atoms with Gasteiger partial charge in [0.15, 0.2) is 0 Å². The van der Waals surface area contributed by atoms with Gasteiger partial charge >= 0.3 is 0 Å². The highest BCUT2D eigenvalue weighted by Crippen LogP contribution is 2.04. The number of hydrogen-bond donors (Lipinski definition) is 0. The Hall–Kier alpha value is -0.530. The number of rotatable bonds is 1. The molecule has 0 bridgehead atoms. The van der Waals surface area contributed by atoms with Crippen molar-refractivity contribution in [3.63, 3.8) is 0 Å². The van der Waals surface area contributed by atoms with Crippen LogP contribution >= 0.6 is 0 Å². The van der Waals surface area contributed by atoms with E-state index < -0.39 is 0 Å². The van der Waals surface area contributed by atoms with Crippen LogP contribution in [-0.4, -0.2) is 24.3 Å². The van der Waals surface area contributed by atoms with E-state index >= 15 is 0 Å². The summed E-state index contributed by atoms with van der Waals surface area (Å²) in [5, 5.41) is 6.26. The second kappa shape index (κ2) is 5.27. The Bertz CT molecular complexity index is 108. The molecule has 0 spiro atoms. The van der Waals surface area contributed by atoms with Gasteiger partial charge in [0.2, 0.25) is 0 Å². The smallest absolute Gasteiger partial charge is 0.0409 e. The van der Waals surface area contributed by atoms with Crippen molar-refractivity contribution >= 4 is 5.71 Å². The normalized spacial score (nSPS) is 16.0. The van der Waals surface area contributed by atoms with Crippen molar-refractivity contribution in [3.8, 4) is 0 Å². The Morgan fingerprint density at radius 3 is 2.30 bits per heavy atom. The van der Waals surface area contributed by atoms with Crippen LogP contribution in [-0.2, 0) is 0 Å². The molecule has 0 saturated carbocycles. The van der Waals surface area contributed by atoms with Gasteiger partial charge in [-0.1, -0.05) is 20.8 Å². The van der Waals surface area contributed by atoms with Crippen LogP contribution in [0.1, 0.15) is 33.6 Å². The van der Waals surface area contributed by atoms with Gasteiger partial charge in [0.25, 0.3) is 0 Å². The molecule has 0 radical (unpaired) electrons. The fourth-order valence-electron chi connectivity index (χ4n) is 0.880. The quantitative estimate of drug-likeness (QED) is 0.547. The monoisotopic (exact) mass is 142 g/mol. The lowest BCUT2D eigenvalue weighted by Gasteiger charge is -2.00. The molecule has 2 heteroatoms. The van der Waals surface area contributed by atoms with E-state index in [2.05, 4.69) is 12.0 Å². The summed E-state index contributed by atoms with van der Waals surface area (Å²) in [6.07, 6.45) is 2.29. The van der Waals surface area contributed by atoms with Crippen molar-refractivity contribution in [2.75, 3.05) is 13.6 Å². The molecule has 1 aliphatic rings. The summed E-state index contributed by atoms with van der Waals surface area (Å²) in [6, 6.07) is 0. The van der Waals surface area contributed by atoms with Crippen molar-refractivity contribution in [3.05, 3.63) is 0 Å². The van der Waals surface area contributed by atoms with Gasteiger partial charge in [0.05, 0.1) is 0 Å². The highest BCUT2D eigenvalue weighted by molar-refractivity contribution is 5.85. The highest BCUT2D eigenvalue weighted by atomic mass is 15.4. The molecule has 1 heterocycles. The van der Waals surface area contributed by atoms with Crippen LogP contribution in [0.15, 0.2) is 5.10 Å². The third-order valence-electron chi connectivity index (χ3n) is 1.44. The lowest BCUT2D eigenvalue weighted by molar-refractivity contribution is 0.393. The predicted octanol–water partition coefficient (Wildman–Crippen LogP) is 2.11. The van der Waals surface area contributed by atoms with E-state index in [4.69, 9.17) is 0 Å². The maximum atomic E-state index is 4.26. The molecule has 0 N–H and O–H groups in total. The zero-order valence-electron chi connectivity index (χ0n) is 7.52. The van der Waals surface area contributed by atoms with Crippen LogP contribution in [0.5, 0.6) is 0 Å². The fourth-order valence-corrected chi connectivity index (χ4v) is 0.880. The summed E-state index contributed by atoms with van der Waals surface area (Å²) in [5.74, 6) is 0. The molecular weight excluding hydrogens is 124 g/mol. The molecule has 0 atom stereocenters. The van der Waals surface area contributed by atoms with Crippen LogP contribution in [0.4, 0.5) is 0 Å². The maximum absolute atomic E-state index is 4.26. The first kappa shape index (κ1) is 9.47. The first-order valence-corrected chi connectivity index (χ1v) is 4.10. The van der Waals surface area contributed by atoms with E-state index in [1.807, 2.05) is 25.9 Å². The van der Waals surface area contributed by atoms with Gasteiger partial charge in [0, 0.05) is 25.7 Å². The molecule has 0 aromatic carbocycles. The standard InChI is InChI=1S/C6H12N2.C2H6/c1-3-6-4-5-8(2)7-6;1-2/h3-5H2,1-2H3;1-2H3. The van der Waals surface area contributed by atoms with Gasteiger partial charge in [0.1, 0.15) is 0 Å². The molecule has 0 fully saturated rings. The second-order valence-corrected chi connectivity index (χ2v) is 2.15. The molecule has 0 aliphatic carbocycles. The largest absolute Gasteiger partial charge is 0.300 e. The van der Waals surface area contributed by atoms with Gasteiger partial charge in [-0.2, -0.15) is 5.10 Å². The van der Waals surface area contributed by atoms with Gasteiger partial charge in [-0.3, -0.25) is 5.01 Å². The Balaban J connectivity index is 0.000000371. The Kier molecular flexibility index (Phi) is 4.99. The van der Waals surface area contributed by atoms with Gasteiger partial charge in [-0.15, -0.1) is 0 Å². The van der Waals surface area contributed by atoms with Gasteiger partial charge < -0.3 is 0 Å². The first-order chi connectivity index (χ1) is 4.83. The predicted molar refractivity (Wildman–Crippen MR) is 46.3 cm³/mol. The summed E-state index contributed by atoms with van der Waals surface area (Å²) in [6.45, 7) is 7.27. The molecule has 10 heavy (non-hydrogen) atoms. The van der Waals surface area contributed by atoms with Crippen LogP contribution in [0.2, 0.25) is 0 Å². The topological polar surface area (TPSA) is 15.6 Å². The summed E-state index contributed by atoms with van der Waals surface area (Å²) < 4.78 is 0. The molecule has 0 unspecified atom stereocenters. The maximum Gasteiger partial charge on any atom is 0.0409 e. The van der Waals surface area contributed by atoms with Gasteiger partial charge in [-0.25, -0.2) is 0 Å². The Labute approximate surface area is 63.9 Å². The molecule has 0 aromatic rings.